The van der Waals surface area contributed by atoms with E-state index in [0.29, 0.717) is 20.2 Å². The van der Waals surface area contributed by atoms with Crippen LogP contribution >= 0.6 is 50.7 Å². The van der Waals surface area contributed by atoms with Gasteiger partial charge in [-0.15, -0.1) is 0 Å². The van der Waals surface area contributed by atoms with E-state index < -0.39 is 4.92 Å². The molecule has 4 nitrogen and oxygen atoms in total. The van der Waals surface area contributed by atoms with Gasteiger partial charge in [0.1, 0.15) is 5.69 Å². The van der Waals surface area contributed by atoms with Gasteiger partial charge in [-0.05, 0) is 46.6 Å². The minimum atomic E-state index is -0.489. The summed E-state index contributed by atoms with van der Waals surface area (Å²) >= 11 is 21.2. The molecule has 8 heteroatoms. The summed E-state index contributed by atoms with van der Waals surface area (Å²) in [5, 5.41) is 15.5. The Morgan fingerprint density at radius 1 is 1.18 bits per heavy atom. The Labute approximate surface area is 150 Å². The Hall–Kier alpha value is -1.01. The Kier molecular flexibility index (Phi) is 5.55. The molecule has 2 aromatic rings. The van der Waals surface area contributed by atoms with E-state index in [1.165, 1.54) is 6.07 Å². The number of benzene rings is 2. The summed E-state index contributed by atoms with van der Waals surface area (Å²) in [6, 6.07) is 7.73. The van der Waals surface area contributed by atoms with Gasteiger partial charge in [-0.25, -0.2) is 0 Å². The van der Waals surface area contributed by atoms with Gasteiger partial charge in [0, 0.05) is 20.6 Å². The van der Waals surface area contributed by atoms with Crippen LogP contribution in [0.4, 0.5) is 11.4 Å². The van der Waals surface area contributed by atoms with Gasteiger partial charge >= 0.3 is 0 Å². The molecule has 0 saturated heterocycles. The van der Waals surface area contributed by atoms with Crippen molar-refractivity contribution >= 4 is 62.1 Å². The maximum absolute atomic E-state index is 11.2. The van der Waals surface area contributed by atoms with Crippen LogP contribution in [-0.2, 0) is 0 Å². The third kappa shape index (κ3) is 3.84. The second-order valence-electron chi connectivity index (χ2n) is 4.57. The first kappa shape index (κ1) is 17.3. The molecule has 2 rings (SSSR count). The van der Waals surface area contributed by atoms with Crippen LogP contribution < -0.4 is 5.32 Å². The minimum Gasteiger partial charge on any atom is -0.373 e. The molecule has 0 bridgehead atoms. The van der Waals surface area contributed by atoms with E-state index in [1.54, 1.807) is 24.3 Å². The highest BCUT2D eigenvalue weighted by Gasteiger charge is 2.19. The summed E-state index contributed by atoms with van der Waals surface area (Å²) in [6.45, 7) is 1.85. The van der Waals surface area contributed by atoms with E-state index in [4.69, 9.17) is 34.8 Å². The van der Waals surface area contributed by atoms with Crippen LogP contribution in [0, 0.1) is 10.1 Å². The largest absolute Gasteiger partial charge is 0.373 e. The summed E-state index contributed by atoms with van der Waals surface area (Å²) in [7, 11) is 0. The molecule has 0 saturated carbocycles. The van der Waals surface area contributed by atoms with Gasteiger partial charge in [0.2, 0.25) is 0 Å². The van der Waals surface area contributed by atoms with Crippen molar-refractivity contribution in [3.63, 3.8) is 0 Å². The molecule has 0 unspecified atom stereocenters. The molecule has 0 amide bonds. The van der Waals surface area contributed by atoms with Crippen molar-refractivity contribution < 1.29 is 4.92 Å². The van der Waals surface area contributed by atoms with Crippen molar-refractivity contribution in [2.24, 2.45) is 0 Å². The second kappa shape index (κ2) is 7.04. The molecule has 0 spiro atoms. The minimum absolute atomic E-state index is 0.106. The van der Waals surface area contributed by atoms with Gasteiger partial charge in [0.05, 0.1) is 16.0 Å². The van der Waals surface area contributed by atoms with Crippen molar-refractivity contribution in [3.05, 3.63) is 65.6 Å². The van der Waals surface area contributed by atoms with Gasteiger partial charge in [0.15, 0.2) is 0 Å². The Balaban J connectivity index is 2.37. The van der Waals surface area contributed by atoms with Crippen LogP contribution in [0.2, 0.25) is 15.1 Å². The van der Waals surface area contributed by atoms with Crippen LogP contribution in [0.1, 0.15) is 18.5 Å². The van der Waals surface area contributed by atoms with Crippen LogP contribution in [0.3, 0.4) is 0 Å². The van der Waals surface area contributed by atoms with Crippen LogP contribution in [0.25, 0.3) is 0 Å². The standard InChI is InChI=1S/C14H10BrCl3N2O2/c1-7(9-3-2-8(16)4-11(9)17)19-13-5-10(15)12(18)6-14(13)20(21)22/h2-7,19H,1H3/t7-/m1/s1. The normalized spacial score (nSPS) is 12.0. The van der Waals surface area contributed by atoms with Crippen LogP contribution in [0.15, 0.2) is 34.8 Å². The molecule has 22 heavy (non-hydrogen) atoms. The molecule has 0 fully saturated rings. The van der Waals surface area contributed by atoms with E-state index in [2.05, 4.69) is 21.2 Å². The molecule has 0 aliphatic carbocycles. The summed E-state index contributed by atoms with van der Waals surface area (Å²) in [5.74, 6) is 0. The predicted molar refractivity (Wildman–Crippen MR) is 94.3 cm³/mol. The molecular weight excluding hydrogens is 414 g/mol. The summed E-state index contributed by atoms with van der Waals surface area (Å²) in [6.07, 6.45) is 0. The molecule has 0 aliphatic rings. The van der Waals surface area contributed by atoms with Gasteiger partial charge in [-0.3, -0.25) is 10.1 Å². The molecule has 0 aliphatic heterocycles. The Morgan fingerprint density at radius 3 is 2.45 bits per heavy atom. The van der Waals surface area contributed by atoms with Crippen molar-refractivity contribution in [3.8, 4) is 0 Å². The predicted octanol–water partition coefficient (Wildman–Crippen LogP) is 6.49. The SMILES string of the molecule is C[C@@H](Nc1cc(Br)c(Cl)cc1[N+](=O)[O-])c1ccc(Cl)cc1Cl. The summed E-state index contributed by atoms with van der Waals surface area (Å²) in [5.41, 5.74) is 1.02. The fourth-order valence-electron chi connectivity index (χ4n) is 1.97. The number of nitrogens with zero attached hydrogens (tertiary/aromatic N) is 1. The first-order valence-electron chi connectivity index (χ1n) is 6.14. The average molecular weight is 425 g/mol. The highest BCUT2D eigenvalue weighted by atomic mass is 79.9. The van der Waals surface area contributed by atoms with E-state index in [9.17, 15) is 10.1 Å². The average Bonchev–Trinajstić information content (AvgIpc) is 2.42. The molecule has 2 aromatic carbocycles. The number of rotatable bonds is 4. The van der Waals surface area contributed by atoms with E-state index in [0.717, 1.165) is 5.56 Å². The van der Waals surface area contributed by atoms with Crippen LogP contribution in [0.5, 0.6) is 0 Å². The topological polar surface area (TPSA) is 55.2 Å². The lowest BCUT2D eigenvalue weighted by molar-refractivity contribution is -0.384. The third-order valence-corrected chi connectivity index (χ3v) is 4.80. The second-order valence-corrected chi connectivity index (χ2v) is 6.68. The highest BCUT2D eigenvalue weighted by Crippen LogP contribution is 2.37. The number of nitro benzene ring substituents is 1. The summed E-state index contributed by atoms with van der Waals surface area (Å²) < 4.78 is 0.566. The van der Waals surface area contributed by atoms with E-state index in [-0.39, 0.29) is 16.8 Å². The van der Waals surface area contributed by atoms with Crippen molar-refractivity contribution in [1.82, 2.24) is 0 Å². The number of hydrogen-bond acceptors (Lipinski definition) is 3. The van der Waals surface area contributed by atoms with Gasteiger partial charge in [-0.1, -0.05) is 40.9 Å². The first-order valence-corrected chi connectivity index (χ1v) is 8.07. The molecule has 1 atom stereocenters. The zero-order valence-corrected chi connectivity index (χ0v) is 15.1. The van der Waals surface area contributed by atoms with E-state index >= 15 is 0 Å². The number of nitro groups is 1. The number of nitrogens with one attached hydrogen (secondary N) is 1. The first-order chi connectivity index (χ1) is 10.3. The highest BCUT2D eigenvalue weighted by molar-refractivity contribution is 9.10. The van der Waals surface area contributed by atoms with Crippen molar-refractivity contribution in [1.29, 1.82) is 0 Å². The third-order valence-electron chi connectivity index (χ3n) is 3.04. The molecule has 0 radical (unpaired) electrons. The lowest BCUT2D eigenvalue weighted by Crippen LogP contribution is -2.09. The van der Waals surface area contributed by atoms with E-state index in [1.807, 2.05) is 6.92 Å². The van der Waals surface area contributed by atoms with Crippen molar-refractivity contribution in [2.45, 2.75) is 13.0 Å². The summed E-state index contributed by atoms with van der Waals surface area (Å²) in [4.78, 5) is 10.7. The molecule has 0 heterocycles. The maximum atomic E-state index is 11.2. The van der Waals surface area contributed by atoms with Gasteiger partial charge < -0.3 is 5.32 Å². The molecule has 0 aromatic heterocycles. The number of halogens is 4. The van der Waals surface area contributed by atoms with Gasteiger partial charge in [0.25, 0.3) is 5.69 Å². The quantitative estimate of drug-likeness (QED) is 0.451. The van der Waals surface area contributed by atoms with Crippen LogP contribution in [-0.4, -0.2) is 4.92 Å². The number of anilines is 1. The van der Waals surface area contributed by atoms with Crippen molar-refractivity contribution in [2.75, 3.05) is 5.32 Å². The zero-order chi connectivity index (χ0) is 16.4. The molecular formula is C14H10BrCl3N2O2. The Morgan fingerprint density at radius 2 is 1.86 bits per heavy atom. The fourth-order valence-corrected chi connectivity index (χ4v) is 3.04. The lowest BCUT2D eigenvalue weighted by atomic mass is 10.1. The fraction of sp³-hybridized carbons (Fsp3) is 0.143. The van der Waals surface area contributed by atoms with Gasteiger partial charge in [-0.2, -0.15) is 0 Å². The lowest BCUT2D eigenvalue weighted by Gasteiger charge is -2.17. The Bertz CT molecular complexity index is 740. The zero-order valence-electron chi connectivity index (χ0n) is 11.2. The number of hydrogen-bond donors (Lipinski definition) is 1. The maximum Gasteiger partial charge on any atom is 0.293 e. The smallest absolute Gasteiger partial charge is 0.293 e. The molecule has 1 N–H and O–H groups in total. The molecule has 116 valence electrons. The monoisotopic (exact) mass is 422 g/mol.